The van der Waals surface area contributed by atoms with Gasteiger partial charge in [-0.3, -0.25) is 19.5 Å². The van der Waals surface area contributed by atoms with E-state index in [-0.39, 0.29) is 83.4 Å². The molecule has 13 aromatic rings. The molecule has 7 heterocycles. The van der Waals surface area contributed by atoms with Gasteiger partial charge in [0.05, 0.1) is 55.8 Å². The zero-order valence-electron chi connectivity index (χ0n) is 60.3. The first-order chi connectivity index (χ1) is 52.0. The number of halogens is 11. The molecule has 2 unspecified atom stereocenters. The predicted octanol–water partition coefficient (Wildman–Crippen LogP) is 17.8. The van der Waals surface area contributed by atoms with Gasteiger partial charge < -0.3 is 48.9 Å². The van der Waals surface area contributed by atoms with Crippen molar-refractivity contribution in [2.75, 3.05) is 11.5 Å². The quantitative estimate of drug-likeness (QED) is 0.0340. The summed E-state index contributed by atoms with van der Waals surface area (Å²) in [4.78, 5) is 52.4. The Morgan fingerprint density at radius 1 is 0.591 bits per heavy atom. The molecule has 1 aliphatic rings. The first-order valence-electron chi connectivity index (χ1n) is 33.5. The molecular weight excluding hydrogens is 1580 g/mol. The number of nitrogen functional groups attached to an aromatic ring is 2. The van der Waals surface area contributed by atoms with Crippen molar-refractivity contribution in [2.45, 2.75) is 117 Å². The predicted molar refractivity (Wildman–Crippen MR) is 404 cm³/mol. The fraction of sp³-hybridized carbons (Fsp3) is 0.234. The van der Waals surface area contributed by atoms with Gasteiger partial charge in [-0.15, -0.1) is 0 Å². The SMILES string of the molecule is CC(=O)c1c(O)cccc1F.CC(Br)c1oc2cccc(F)c2c(=O)c1-c1cccc(F)c1.CC(C)Oc1ccc(-c2[nH]nc3ncnc(N)c23)cc1F.CC(C)Oc1ccc(-c2nn(C(C)c3oc4cccc(F)c4c(=O)c3Br)c3ncnc(N)c23)cc1F.CC1(C)OB(c2ccc(OC(F)F)c(F)c2)OC1(C)C. The smallest absolute Gasteiger partial charge is 0.494 e. The Bertz CT molecular complexity index is 5700. The Kier molecular flexibility index (Phi) is 25.0. The van der Waals surface area contributed by atoms with Crippen LogP contribution in [0.4, 0.5) is 51.1 Å². The number of ketones is 1. The van der Waals surface area contributed by atoms with Gasteiger partial charge in [0, 0.05) is 11.1 Å². The highest BCUT2D eigenvalue weighted by Crippen LogP contribution is 2.40. The number of hydrogen-bond acceptors (Lipinski definition) is 19. The maximum absolute atomic E-state index is 14.8. The minimum absolute atomic E-state index is 0.0565. The second-order valence-electron chi connectivity index (χ2n) is 26.1. The summed E-state index contributed by atoms with van der Waals surface area (Å²) in [5.41, 5.74) is 13.6. The largest absolute Gasteiger partial charge is 0.507 e. The molecule has 572 valence electrons. The number of alkyl halides is 3. The molecule has 0 bridgehead atoms. The van der Waals surface area contributed by atoms with E-state index in [0.29, 0.717) is 67.2 Å². The van der Waals surface area contributed by atoms with Crippen LogP contribution in [0.5, 0.6) is 23.0 Å². The van der Waals surface area contributed by atoms with Crippen molar-refractivity contribution in [3.8, 4) is 56.6 Å². The number of hydrogen-bond donors (Lipinski definition) is 4. The highest BCUT2D eigenvalue weighted by Gasteiger charge is 2.52. The number of Topliss-reactive ketones (excluding diaryl/α,β-unsaturated/α-hetero) is 1. The maximum Gasteiger partial charge on any atom is 0.494 e. The van der Waals surface area contributed by atoms with Gasteiger partial charge in [0.1, 0.15) is 103 Å². The number of aromatic nitrogens is 8. The van der Waals surface area contributed by atoms with Gasteiger partial charge >= 0.3 is 13.7 Å². The lowest BCUT2D eigenvalue weighted by molar-refractivity contribution is -0.0521. The van der Waals surface area contributed by atoms with Crippen LogP contribution < -0.4 is 42.0 Å². The lowest BCUT2D eigenvalue weighted by atomic mass is 9.79. The molecule has 0 spiro atoms. The molecule has 110 heavy (non-hydrogen) atoms. The molecule has 0 aliphatic carbocycles. The second-order valence-corrected chi connectivity index (χ2v) is 28.3. The first-order valence-corrected chi connectivity index (χ1v) is 35.2. The van der Waals surface area contributed by atoms with Crippen LogP contribution in [0.1, 0.15) is 109 Å². The van der Waals surface area contributed by atoms with Crippen molar-refractivity contribution in [3.05, 3.63) is 229 Å². The van der Waals surface area contributed by atoms with Crippen LogP contribution in [-0.4, -0.2) is 87.9 Å². The number of rotatable bonds is 14. The van der Waals surface area contributed by atoms with Gasteiger partial charge in [-0.1, -0.05) is 52.3 Å². The Morgan fingerprint density at radius 3 is 1.65 bits per heavy atom. The molecule has 14 rings (SSSR count). The van der Waals surface area contributed by atoms with Crippen molar-refractivity contribution in [1.29, 1.82) is 0 Å². The summed E-state index contributed by atoms with van der Waals surface area (Å²) in [6.07, 6.45) is 2.33. The molecule has 0 radical (unpaired) electrons. The van der Waals surface area contributed by atoms with Crippen molar-refractivity contribution in [1.82, 2.24) is 39.9 Å². The summed E-state index contributed by atoms with van der Waals surface area (Å²) in [6, 6.07) is 29.9. The summed E-state index contributed by atoms with van der Waals surface area (Å²) >= 11 is 6.63. The number of aromatic amines is 1. The minimum atomic E-state index is -3.06. The van der Waals surface area contributed by atoms with E-state index in [0.717, 1.165) is 18.2 Å². The molecule has 1 saturated heterocycles. The molecular formula is C77H68BBr2F9N10O11. The number of carbonyl (C=O) groups is 1. The summed E-state index contributed by atoms with van der Waals surface area (Å²) < 4.78 is 161. The zero-order valence-corrected chi connectivity index (χ0v) is 63.5. The van der Waals surface area contributed by atoms with Crippen LogP contribution in [-0.2, 0) is 9.31 Å². The monoisotopic (exact) mass is 1650 g/mol. The molecule has 1 fully saturated rings. The van der Waals surface area contributed by atoms with Crippen molar-refractivity contribution >= 4 is 106 Å². The number of fused-ring (bicyclic) bond motifs is 4. The minimum Gasteiger partial charge on any atom is -0.507 e. The number of H-pyrrole nitrogens is 1. The van der Waals surface area contributed by atoms with Gasteiger partial charge in [-0.2, -0.15) is 19.0 Å². The second kappa shape index (κ2) is 33.8. The van der Waals surface area contributed by atoms with E-state index in [1.807, 2.05) is 41.5 Å². The van der Waals surface area contributed by atoms with E-state index in [9.17, 15) is 53.9 Å². The number of phenolic OH excluding ortho intramolecular Hbond substituents is 1. The van der Waals surface area contributed by atoms with Crippen LogP contribution in [0.2, 0.25) is 0 Å². The van der Waals surface area contributed by atoms with Crippen LogP contribution in [0.25, 0.3) is 77.6 Å². The van der Waals surface area contributed by atoms with Crippen LogP contribution in [0.3, 0.4) is 0 Å². The highest BCUT2D eigenvalue weighted by atomic mass is 79.9. The normalized spacial score (nSPS) is 13.4. The number of anilines is 2. The molecule has 6 N–H and O–H groups in total. The van der Waals surface area contributed by atoms with Crippen LogP contribution in [0.15, 0.2) is 169 Å². The zero-order chi connectivity index (χ0) is 80.1. The third-order valence-corrected chi connectivity index (χ3v) is 18.2. The lowest BCUT2D eigenvalue weighted by Crippen LogP contribution is -2.41. The number of phenols is 1. The highest BCUT2D eigenvalue weighted by molar-refractivity contribution is 9.10. The fourth-order valence-corrected chi connectivity index (χ4v) is 12.2. The number of aromatic hydroxyl groups is 1. The third-order valence-electron chi connectivity index (χ3n) is 17.0. The number of benzene rings is 7. The summed E-state index contributed by atoms with van der Waals surface area (Å²) in [5, 5.41) is 21.2. The van der Waals surface area contributed by atoms with Gasteiger partial charge in [0.25, 0.3) is 0 Å². The van der Waals surface area contributed by atoms with Gasteiger partial charge in [0.2, 0.25) is 10.9 Å². The number of nitrogens with zero attached hydrogens (tertiary/aromatic N) is 7. The Morgan fingerprint density at radius 2 is 1.11 bits per heavy atom. The topological polar surface area (TPSA) is 294 Å². The molecule has 6 aromatic heterocycles. The molecule has 33 heteroatoms. The number of nitrogens with two attached hydrogens (primary N) is 2. The Hall–Kier alpha value is -11.2. The van der Waals surface area contributed by atoms with Crippen LogP contribution >= 0.6 is 31.9 Å². The fourth-order valence-electron chi connectivity index (χ4n) is 11.2. The molecule has 0 amide bonds. The standard InChI is InChI=1S/C25H20BrF2N5O3.C17H11BrF2O2.C14H14FN5O.C13H16BF3O3.C8H7FO2/c1-11(2)35-16-8-7-13(9-15(16)28)21-19-24(29)30-10-31-25(19)33(32-21)12(3)23-20(26)22(34)18-14(27)5-4-6-17(18)36-23;1-9(18)17-14(10-4-2-5-11(19)8-10)16(21)15-12(20)6-3-7-13(15)22-17;1-7(2)21-10-4-3-8(5-9(10)15)12-11-13(16)17-6-18-14(11)20-19-12;1-12(2)13(3,4)20-14(19-12)8-5-6-10(9(15)7-8)18-11(16)17;1-5(10)8-6(9)3-2-4-7(8)11/h4-12H,1-3H3,(H2,29,30,31);2-9H,1H3;3-7H,1-2H3,(H3,16,17,18,19,20);5-7,11H,1-4H3;2-4,11H,1H3. The summed E-state index contributed by atoms with van der Waals surface area (Å²) in [6.45, 7) is 16.4. The van der Waals surface area contributed by atoms with E-state index < -0.39 is 94.1 Å². The average Bonchev–Trinajstić information content (AvgIpc) is 1.59. The number of ether oxygens (including phenoxy) is 3. The lowest BCUT2D eigenvalue weighted by Gasteiger charge is -2.32. The summed E-state index contributed by atoms with van der Waals surface area (Å²) in [7, 11) is -0.741. The summed E-state index contributed by atoms with van der Waals surface area (Å²) in [5.74, 6) is -4.33. The van der Waals surface area contributed by atoms with Crippen molar-refractivity contribution in [3.63, 3.8) is 0 Å². The average molecular weight is 1650 g/mol. The number of carbonyl (C=O) groups excluding carboxylic acids is 1. The Labute approximate surface area is 638 Å². The van der Waals surface area contributed by atoms with Crippen molar-refractivity contribution in [2.24, 2.45) is 0 Å². The van der Waals surface area contributed by atoms with Gasteiger partial charge in [-0.05, 0) is 200 Å². The van der Waals surface area contributed by atoms with E-state index in [1.54, 1.807) is 52.0 Å². The first kappa shape index (κ1) is 81.4. The van der Waals surface area contributed by atoms with E-state index in [1.165, 1.54) is 115 Å². The number of nitrogens with one attached hydrogen (secondary N) is 1. The van der Waals surface area contributed by atoms with Gasteiger partial charge in [0.15, 0.2) is 51.8 Å². The Balaban J connectivity index is 0.000000153. The van der Waals surface area contributed by atoms with Crippen LogP contribution in [0, 0.1) is 40.7 Å². The molecule has 1 aliphatic heterocycles. The van der Waals surface area contributed by atoms with E-state index >= 15 is 0 Å². The molecule has 2 atom stereocenters. The molecule has 7 aromatic carbocycles. The molecule has 21 nitrogen and oxygen atoms in total. The third kappa shape index (κ3) is 17.8. The van der Waals surface area contributed by atoms with E-state index in [4.69, 9.17) is 44.2 Å². The maximum atomic E-state index is 14.8. The van der Waals surface area contributed by atoms with Gasteiger partial charge in [-0.25, -0.2) is 55.4 Å². The molecule has 0 saturated carbocycles. The van der Waals surface area contributed by atoms with Crippen molar-refractivity contribution < 1.29 is 81.8 Å². The van der Waals surface area contributed by atoms with E-state index in [2.05, 4.69) is 71.8 Å².